The monoisotopic (exact) mass is 327 g/mol. The Balaban J connectivity index is 1.46. The van der Waals surface area contributed by atoms with Crippen LogP contribution in [-0.4, -0.2) is 52.3 Å². The van der Waals surface area contributed by atoms with E-state index in [2.05, 4.69) is 4.98 Å². The molecule has 5 heteroatoms. The molecular formula is C19H25N3O2. The molecule has 1 aliphatic carbocycles. The van der Waals surface area contributed by atoms with Gasteiger partial charge in [-0.3, -0.25) is 14.6 Å². The number of hydrogen-bond donors (Lipinski definition) is 0. The quantitative estimate of drug-likeness (QED) is 0.852. The summed E-state index contributed by atoms with van der Waals surface area (Å²) in [6, 6.07) is 4.22. The summed E-state index contributed by atoms with van der Waals surface area (Å²) in [6.45, 7) is 2.28. The molecule has 1 aromatic rings. The van der Waals surface area contributed by atoms with Gasteiger partial charge in [-0.2, -0.15) is 0 Å². The van der Waals surface area contributed by atoms with Crippen LogP contribution in [0.1, 0.15) is 50.0 Å². The van der Waals surface area contributed by atoms with Gasteiger partial charge in [-0.1, -0.05) is 12.8 Å². The van der Waals surface area contributed by atoms with Crippen LogP contribution in [0, 0.1) is 5.92 Å². The van der Waals surface area contributed by atoms with Crippen molar-refractivity contribution in [3.05, 3.63) is 30.1 Å². The van der Waals surface area contributed by atoms with Crippen LogP contribution in [-0.2, 0) is 9.59 Å². The SMILES string of the molecule is O=C([C@@H](c1ccncc1)C1CCCC1)N1CC(N2CCCC2=O)C1. The molecule has 1 saturated carbocycles. The standard InChI is InChI=1S/C19H25N3O2/c23-17-6-3-11-22(17)16-12-21(13-16)19(24)18(14-4-1-2-5-14)15-7-9-20-10-8-15/h7-10,14,16,18H,1-6,11-13H2/t18-/m1/s1. The van der Waals surface area contributed by atoms with Crippen molar-refractivity contribution in [1.82, 2.24) is 14.8 Å². The van der Waals surface area contributed by atoms with Crippen LogP contribution in [0.4, 0.5) is 0 Å². The first-order valence-electron chi connectivity index (χ1n) is 9.22. The van der Waals surface area contributed by atoms with E-state index in [-0.39, 0.29) is 23.8 Å². The van der Waals surface area contributed by atoms with Crippen LogP contribution in [0.5, 0.6) is 0 Å². The van der Waals surface area contributed by atoms with Crippen LogP contribution >= 0.6 is 0 Å². The molecule has 0 aromatic carbocycles. The van der Waals surface area contributed by atoms with Crippen molar-refractivity contribution in [2.45, 2.75) is 50.5 Å². The van der Waals surface area contributed by atoms with E-state index in [1.54, 1.807) is 12.4 Å². The molecule has 3 fully saturated rings. The molecule has 3 aliphatic rings. The molecule has 3 heterocycles. The number of rotatable bonds is 4. The minimum atomic E-state index is -0.0364. The van der Waals surface area contributed by atoms with Gasteiger partial charge in [0.05, 0.1) is 12.0 Å². The Kier molecular flexibility index (Phi) is 4.25. The third-order valence-corrected chi connectivity index (χ3v) is 5.93. The van der Waals surface area contributed by atoms with Gasteiger partial charge in [0.25, 0.3) is 0 Å². The average molecular weight is 327 g/mol. The molecule has 0 N–H and O–H groups in total. The molecule has 128 valence electrons. The zero-order chi connectivity index (χ0) is 16.5. The fourth-order valence-corrected chi connectivity index (χ4v) is 4.56. The Morgan fingerprint density at radius 1 is 1.12 bits per heavy atom. The Morgan fingerprint density at radius 3 is 2.46 bits per heavy atom. The topological polar surface area (TPSA) is 53.5 Å². The van der Waals surface area contributed by atoms with E-state index in [0.717, 1.165) is 31.4 Å². The van der Waals surface area contributed by atoms with Gasteiger partial charge in [-0.25, -0.2) is 0 Å². The zero-order valence-corrected chi connectivity index (χ0v) is 14.1. The van der Waals surface area contributed by atoms with Gasteiger partial charge in [0.1, 0.15) is 0 Å². The Hall–Kier alpha value is -1.91. The molecule has 2 aliphatic heterocycles. The number of likely N-dealkylation sites (tertiary alicyclic amines) is 2. The van der Waals surface area contributed by atoms with E-state index < -0.39 is 0 Å². The summed E-state index contributed by atoms with van der Waals surface area (Å²) in [5, 5.41) is 0. The van der Waals surface area contributed by atoms with Crippen molar-refractivity contribution in [1.29, 1.82) is 0 Å². The zero-order valence-electron chi connectivity index (χ0n) is 14.1. The van der Waals surface area contributed by atoms with Crippen molar-refractivity contribution in [3.8, 4) is 0 Å². The normalized spacial score (nSPS) is 23.6. The number of pyridine rings is 1. The second-order valence-electron chi connectivity index (χ2n) is 7.39. The van der Waals surface area contributed by atoms with Crippen molar-refractivity contribution in [2.24, 2.45) is 5.92 Å². The number of nitrogens with zero attached hydrogens (tertiary/aromatic N) is 3. The fraction of sp³-hybridized carbons (Fsp3) is 0.632. The molecule has 0 bridgehead atoms. The number of carbonyl (C=O) groups is 2. The summed E-state index contributed by atoms with van der Waals surface area (Å²) in [4.78, 5) is 33.0. The second kappa shape index (κ2) is 6.54. The van der Waals surface area contributed by atoms with Crippen molar-refractivity contribution < 1.29 is 9.59 Å². The minimum Gasteiger partial charge on any atom is -0.338 e. The molecule has 24 heavy (non-hydrogen) atoms. The van der Waals surface area contributed by atoms with Crippen molar-refractivity contribution in [2.75, 3.05) is 19.6 Å². The average Bonchev–Trinajstić information content (AvgIpc) is 3.20. The van der Waals surface area contributed by atoms with Gasteiger partial charge in [-0.05, 0) is 42.9 Å². The first kappa shape index (κ1) is 15.6. The molecule has 4 rings (SSSR count). The third kappa shape index (κ3) is 2.80. The smallest absolute Gasteiger partial charge is 0.230 e. The van der Waals surface area contributed by atoms with Gasteiger partial charge >= 0.3 is 0 Å². The van der Waals surface area contributed by atoms with E-state index in [1.807, 2.05) is 21.9 Å². The lowest BCUT2D eigenvalue weighted by Gasteiger charge is -2.45. The van der Waals surface area contributed by atoms with Crippen molar-refractivity contribution in [3.63, 3.8) is 0 Å². The van der Waals surface area contributed by atoms with E-state index >= 15 is 0 Å². The van der Waals surface area contributed by atoms with E-state index in [1.165, 1.54) is 12.8 Å². The van der Waals surface area contributed by atoms with Crippen LogP contribution in [0.3, 0.4) is 0 Å². The van der Waals surface area contributed by atoms with Gasteiger partial charge in [0.15, 0.2) is 0 Å². The molecule has 0 unspecified atom stereocenters. The van der Waals surface area contributed by atoms with Crippen LogP contribution in [0.15, 0.2) is 24.5 Å². The maximum atomic E-state index is 13.2. The highest BCUT2D eigenvalue weighted by Gasteiger charge is 2.42. The first-order valence-corrected chi connectivity index (χ1v) is 9.22. The maximum absolute atomic E-state index is 13.2. The Morgan fingerprint density at radius 2 is 1.83 bits per heavy atom. The van der Waals surface area contributed by atoms with E-state index in [4.69, 9.17) is 0 Å². The lowest BCUT2D eigenvalue weighted by Crippen LogP contribution is -2.62. The maximum Gasteiger partial charge on any atom is 0.230 e. The third-order valence-electron chi connectivity index (χ3n) is 5.93. The van der Waals surface area contributed by atoms with E-state index in [9.17, 15) is 9.59 Å². The predicted octanol–water partition coefficient (Wildman–Crippen LogP) is 2.19. The highest BCUT2D eigenvalue weighted by atomic mass is 16.2. The van der Waals surface area contributed by atoms with Gasteiger partial charge in [0.2, 0.25) is 11.8 Å². The van der Waals surface area contributed by atoms with Crippen LogP contribution < -0.4 is 0 Å². The summed E-state index contributed by atoms with van der Waals surface area (Å²) in [5.74, 6) is 0.919. The molecule has 0 radical (unpaired) electrons. The van der Waals surface area contributed by atoms with Crippen LogP contribution in [0.2, 0.25) is 0 Å². The summed E-state index contributed by atoms with van der Waals surface area (Å²) >= 11 is 0. The summed E-state index contributed by atoms with van der Waals surface area (Å²) in [5.41, 5.74) is 1.10. The first-order chi connectivity index (χ1) is 11.7. The number of hydrogen-bond acceptors (Lipinski definition) is 3. The largest absolute Gasteiger partial charge is 0.338 e. The Bertz CT molecular complexity index is 606. The van der Waals surface area contributed by atoms with Gasteiger partial charge < -0.3 is 9.80 Å². The fourth-order valence-electron chi connectivity index (χ4n) is 4.56. The lowest BCUT2D eigenvalue weighted by atomic mass is 9.83. The highest BCUT2D eigenvalue weighted by molar-refractivity contribution is 5.85. The second-order valence-corrected chi connectivity index (χ2v) is 7.39. The van der Waals surface area contributed by atoms with Crippen molar-refractivity contribution >= 4 is 11.8 Å². The predicted molar refractivity (Wildman–Crippen MR) is 90.3 cm³/mol. The number of aromatic nitrogens is 1. The summed E-state index contributed by atoms with van der Waals surface area (Å²) < 4.78 is 0. The van der Waals surface area contributed by atoms with Gasteiger partial charge in [0, 0.05) is 38.4 Å². The summed E-state index contributed by atoms with van der Waals surface area (Å²) in [6.07, 6.45) is 9.94. The van der Waals surface area contributed by atoms with Crippen LogP contribution in [0.25, 0.3) is 0 Å². The lowest BCUT2D eigenvalue weighted by molar-refractivity contribution is -0.146. The highest BCUT2D eigenvalue weighted by Crippen LogP contribution is 2.39. The van der Waals surface area contributed by atoms with Gasteiger partial charge in [-0.15, -0.1) is 0 Å². The molecule has 5 nitrogen and oxygen atoms in total. The minimum absolute atomic E-state index is 0.0364. The number of amides is 2. The molecule has 0 spiro atoms. The molecule has 2 amide bonds. The Labute approximate surface area is 143 Å². The summed E-state index contributed by atoms with van der Waals surface area (Å²) in [7, 11) is 0. The van der Waals surface area contributed by atoms with E-state index in [0.29, 0.717) is 25.4 Å². The molecular weight excluding hydrogens is 302 g/mol. The molecule has 2 saturated heterocycles. The molecule has 1 aromatic heterocycles. The molecule has 1 atom stereocenters. The number of carbonyl (C=O) groups excluding carboxylic acids is 2.